The molecule has 0 spiro atoms. The van der Waals surface area contributed by atoms with E-state index in [1.165, 1.54) is 0 Å². The molecule has 22 heavy (non-hydrogen) atoms. The van der Waals surface area contributed by atoms with Gasteiger partial charge >= 0.3 is 0 Å². The molecule has 0 aromatic carbocycles. The molecular formula is C15H15N5O2. The van der Waals surface area contributed by atoms with Crippen LogP contribution in [0.3, 0.4) is 0 Å². The maximum atomic E-state index is 12.3. The minimum Gasteiger partial charge on any atom is -0.360 e. The molecule has 1 aliphatic rings. The van der Waals surface area contributed by atoms with Gasteiger partial charge in [-0.1, -0.05) is 11.2 Å². The first-order chi connectivity index (χ1) is 10.8. The minimum absolute atomic E-state index is 0.184. The van der Waals surface area contributed by atoms with Gasteiger partial charge in [-0.15, -0.1) is 10.2 Å². The van der Waals surface area contributed by atoms with Crippen molar-refractivity contribution in [1.82, 2.24) is 25.1 Å². The van der Waals surface area contributed by atoms with Gasteiger partial charge in [0.2, 0.25) is 0 Å². The molecule has 7 heteroatoms. The molecule has 3 heterocycles. The van der Waals surface area contributed by atoms with Crippen molar-refractivity contribution in [3.63, 3.8) is 0 Å². The number of nitrogens with zero attached hydrogens (tertiary/aromatic N) is 4. The average molecular weight is 297 g/mol. The Morgan fingerprint density at radius 1 is 1.32 bits per heavy atom. The fourth-order valence-electron chi connectivity index (χ4n) is 2.81. The van der Waals surface area contributed by atoms with Crippen LogP contribution < -0.4 is 5.32 Å². The largest absolute Gasteiger partial charge is 0.360 e. The zero-order chi connectivity index (χ0) is 14.9. The predicted molar refractivity (Wildman–Crippen MR) is 77.3 cm³/mol. The second kappa shape index (κ2) is 5.25. The number of aromatic nitrogens is 4. The highest BCUT2D eigenvalue weighted by atomic mass is 16.5. The summed E-state index contributed by atoms with van der Waals surface area (Å²) >= 11 is 0. The van der Waals surface area contributed by atoms with Gasteiger partial charge in [0.05, 0.1) is 0 Å². The van der Waals surface area contributed by atoms with Crippen LogP contribution in [-0.4, -0.2) is 25.7 Å². The summed E-state index contributed by atoms with van der Waals surface area (Å²) in [6.45, 7) is 0.425. The van der Waals surface area contributed by atoms with Crippen molar-refractivity contribution in [2.45, 2.75) is 32.2 Å². The maximum Gasteiger partial charge on any atom is 0.274 e. The number of hydrogen-bond donors (Lipinski definition) is 1. The van der Waals surface area contributed by atoms with Crippen LogP contribution in [0.2, 0.25) is 0 Å². The highest BCUT2D eigenvalue weighted by Crippen LogP contribution is 2.24. The SMILES string of the molecule is O=C(NCc1ccc2nncn2c1)c1noc2c1CCCC2. The Balaban J connectivity index is 1.49. The van der Waals surface area contributed by atoms with Crippen molar-refractivity contribution in [3.05, 3.63) is 47.2 Å². The number of aryl methyl sites for hydroxylation is 1. The molecule has 4 rings (SSSR count). The molecule has 0 bridgehead atoms. The molecule has 1 N–H and O–H groups in total. The third-order valence-electron chi connectivity index (χ3n) is 3.97. The van der Waals surface area contributed by atoms with Crippen molar-refractivity contribution >= 4 is 11.6 Å². The van der Waals surface area contributed by atoms with Gasteiger partial charge in [0.15, 0.2) is 11.3 Å². The smallest absolute Gasteiger partial charge is 0.274 e. The van der Waals surface area contributed by atoms with Gasteiger partial charge in [-0.2, -0.15) is 0 Å². The minimum atomic E-state index is -0.184. The number of rotatable bonds is 3. The van der Waals surface area contributed by atoms with Crippen LogP contribution in [0.15, 0.2) is 29.2 Å². The predicted octanol–water partition coefficient (Wildman–Crippen LogP) is 1.53. The first-order valence-corrected chi connectivity index (χ1v) is 7.35. The van der Waals surface area contributed by atoms with E-state index in [1.54, 1.807) is 6.33 Å². The van der Waals surface area contributed by atoms with Crippen LogP contribution in [-0.2, 0) is 19.4 Å². The van der Waals surface area contributed by atoms with Crippen molar-refractivity contribution in [1.29, 1.82) is 0 Å². The molecule has 0 atom stereocenters. The summed E-state index contributed by atoms with van der Waals surface area (Å²) < 4.78 is 7.09. The maximum absolute atomic E-state index is 12.3. The van der Waals surface area contributed by atoms with E-state index in [0.717, 1.165) is 48.2 Å². The second-order valence-electron chi connectivity index (χ2n) is 5.46. The number of nitrogens with one attached hydrogen (secondary N) is 1. The second-order valence-corrected chi connectivity index (χ2v) is 5.46. The van der Waals surface area contributed by atoms with E-state index in [4.69, 9.17) is 4.52 Å². The molecule has 1 aliphatic carbocycles. The first-order valence-electron chi connectivity index (χ1n) is 7.35. The monoisotopic (exact) mass is 297 g/mol. The van der Waals surface area contributed by atoms with E-state index >= 15 is 0 Å². The van der Waals surface area contributed by atoms with Crippen molar-refractivity contribution < 1.29 is 9.32 Å². The molecule has 0 unspecified atom stereocenters. The van der Waals surface area contributed by atoms with E-state index in [2.05, 4.69) is 20.7 Å². The highest BCUT2D eigenvalue weighted by molar-refractivity contribution is 5.93. The normalized spacial score (nSPS) is 14.0. The summed E-state index contributed by atoms with van der Waals surface area (Å²) in [5, 5.41) is 14.6. The Morgan fingerprint density at radius 2 is 2.23 bits per heavy atom. The number of fused-ring (bicyclic) bond motifs is 2. The summed E-state index contributed by atoms with van der Waals surface area (Å²) in [4.78, 5) is 12.3. The number of amides is 1. The van der Waals surface area contributed by atoms with Crippen LogP contribution in [0.1, 0.15) is 40.2 Å². The summed E-state index contributed by atoms with van der Waals surface area (Å²) in [6.07, 6.45) is 7.46. The highest BCUT2D eigenvalue weighted by Gasteiger charge is 2.23. The van der Waals surface area contributed by atoms with Crippen molar-refractivity contribution in [3.8, 4) is 0 Å². The standard InChI is InChI=1S/C15H15N5O2/c21-15(14-11-3-1-2-4-12(11)22-19-14)16-7-10-5-6-13-18-17-9-20(13)8-10/h5-6,8-9H,1-4,7H2,(H,16,21). The van der Waals surface area contributed by atoms with E-state index in [1.807, 2.05) is 22.7 Å². The van der Waals surface area contributed by atoms with Crippen LogP contribution in [0, 0.1) is 0 Å². The lowest BCUT2D eigenvalue weighted by Crippen LogP contribution is -2.24. The Morgan fingerprint density at radius 3 is 3.18 bits per heavy atom. The van der Waals surface area contributed by atoms with E-state index in [-0.39, 0.29) is 5.91 Å². The van der Waals surface area contributed by atoms with Crippen molar-refractivity contribution in [2.24, 2.45) is 0 Å². The summed E-state index contributed by atoms with van der Waals surface area (Å²) in [5.41, 5.74) is 3.15. The van der Waals surface area contributed by atoms with Gasteiger partial charge in [0.1, 0.15) is 12.1 Å². The lowest BCUT2D eigenvalue weighted by atomic mass is 9.96. The number of pyridine rings is 1. The van der Waals surface area contributed by atoms with Crippen LogP contribution >= 0.6 is 0 Å². The van der Waals surface area contributed by atoms with Crippen LogP contribution in [0.4, 0.5) is 0 Å². The summed E-state index contributed by atoms with van der Waals surface area (Å²) in [6, 6.07) is 3.79. The Hall–Kier alpha value is -2.70. The third kappa shape index (κ3) is 2.24. The molecular weight excluding hydrogens is 282 g/mol. The lowest BCUT2D eigenvalue weighted by Gasteiger charge is -2.09. The fraction of sp³-hybridized carbons (Fsp3) is 0.333. The molecule has 112 valence electrons. The molecule has 0 saturated heterocycles. The molecule has 3 aromatic rings. The molecule has 3 aromatic heterocycles. The quantitative estimate of drug-likeness (QED) is 0.792. The van der Waals surface area contributed by atoms with Gasteiger partial charge < -0.3 is 9.84 Å². The Kier molecular flexibility index (Phi) is 3.10. The molecule has 0 saturated carbocycles. The Labute approximate surface area is 126 Å². The van der Waals surface area contributed by atoms with E-state index in [9.17, 15) is 4.79 Å². The number of hydrogen-bond acceptors (Lipinski definition) is 5. The van der Waals surface area contributed by atoms with Gasteiger partial charge in [0.25, 0.3) is 5.91 Å². The Bertz CT molecular complexity index is 835. The molecule has 0 aliphatic heterocycles. The lowest BCUT2D eigenvalue weighted by molar-refractivity contribution is 0.0941. The molecule has 7 nitrogen and oxygen atoms in total. The zero-order valence-electron chi connectivity index (χ0n) is 12.0. The zero-order valence-corrected chi connectivity index (χ0v) is 12.0. The number of carbonyl (C=O) groups excluding carboxylic acids is 1. The summed E-state index contributed by atoms with van der Waals surface area (Å²) in [5.74, 6) is 0.679. The molecule has 1 amide bonds. The van der Waals surface area contributed by atoms with Crippen LogP contribution in [0.25, 0.3) is 5.65 Å². The molecule has 0 radical (unpaired) electrons. The summed E-state index contributed by atoms with van der Waals surface area (Å²) in [7, 11) is 0. The van der Waals surface area contributed by atoms with Crippen LogP contribution in [0.5, 0.6) is 0 Å². The van der Waals surface area contributed by atoms with Gasteiger partial charge in [-0.05, 0) is 30.9 Å². The first kappa shape index (κ1) is 13.0. The van der Waals surface area contributed by atoms with E-state index in [0.29, 0.717) is 12.2 Å². The van der Waals surface area contributed by atoms with Crippen molar-refractivity contribution in [2.75, 3.05) is 0 Å². The topological polar surface area (TPSA) is 85.3 Å². The third-order valence-corrected chi connectivity index (χ3v) is 3.97. The van der Waals surface area contributed by atoms with Gasteiger partial charge in [0, 0.05) is 24.7 Å². The van der Waals surface area contributed by atoms with Gasteiger partial charge in [-0.3, -0.25) is 9.20 Å². The number of carbonyl (C=O) groups is 1. The average Bonchev–Trinajstić information content (AvgIpc) is 3.18. The fourth-order valence-corrected chi connectivity index (χ4v) is 2.81. The van der Waals surface area contributed by atoms with Gasteiger partial charge in [-0.25, -0.2) is 0 Å². The molecule has 0 fully saturated rings. The van der Waals surface area contributed by atoms with E-state index < -0.39 is 0 Å².